The lowest BCUT2D eigenvalue weighted by atomic mass is 10.1. The summed E-state index contributed by atoms with van der Waals surface area (Å²) >= 11 is 5.90. The molecule has 140 valence electrons. The van der Waals surface area contributed by atoms with E-state index in [4.69, 9.17) is 16.0 Å². The summed E-state index contributed by atoms with van der Waals surface area (Å²) in [4.78, 5) is 40.1. The number of hydrogen-bond donors (Lipinski definition) is 1. The smallest absolute Gasteiger partial charge is 0.408 e. The van der Waals surface area contributed by atoms with Crippen LogP contribution in [0, 0.1) is 0 Å². The fraction of sp³-hybridized carbons (Fsp3) is 0.471. The van der Waals surface area contributed by atoms with Crippen LogP contribution in [0.15, 0.2) is 27.4 Å². The molecule has 0 saturated carbocycles. The van der Waals surface area contributed by atoms with Crippen LogP contribution in [0.4, 0.5) is 0 Å². The zero-order chi connectivity index (χ0) is 18.8. The first-order chi connectivity index (χ1) is 12.4. The number of halogens is 1. The lowest BCUT2D eigenvalue weighted by molar-refractivity contribution is -0.137. The zero-order valence-corrected chi connectivity index (χ0v) is 15.5. The molecule has 2 heterocycles. The summed E-state index contributed by atoms with van der Waals surface area (Å²) in [7, 11) is 3.45. The Morgan fingerprint density at radius 3 is 2.85 bits per heavy atom. The summed E-state index contributed by atoms with van der Waals surface area (Å²) in [6, 6.07) is 4.58. The zero-order valence-electron chi connectivity index (χ0n) is 14.7. The largest absolute Gasteiger partial charge is 0.419 e. The second-order valence-electron chi connectivity index (χ2n) is 6.33. The SMILES string of the molecule is CNC(=O)[C@H]1CN(C(=O)CCn2c(=O)oc3cc(Cl)ccc32)CCN1C. The van der Waals surface area contributed by atoms with Crippen LogP contribution in [0.3, 0.4) is 0 Å². The van der Waals surface area contributed by atoms with Gasteiger partial charge in [0.2, 0.25) is 11.8 Å². The molecule has 9 heteroatoms. The molecule has 2 amide bonds. The Hall–Kier alpha value is -2.32. The molecule has 26 heavy (non-hydrogen) atoms. The standard InChI is InChI=1S/C17H21ClN4O4/c1-19-16(24)13-10-21(8-7-20(13)2)15(23)5-6-22-12-4-3-11(18)9-14(12)26-17(22)25/h3-4,9,13H,5-8,10H2,1-2H3,(H,19,24)/t13-/m1/s1. The second-order valence-corrected chi connectivity index (χ2v) is 6.77. The number of rotatable bonds is 4. The normalized spacial score (nSPS) is 18.3. The molecular weight excluding hydrogens is 360 g/mol. The summed E-state index contributed by atoms with van der Waals surface area (Å²) in [6.45, 7) is 1.73. The first-order valence-electron chi connectivity index (χ1n) is 8.39. The van der Waals surface area contributed by atoms with E-state index in [2.05, 4.69) is 5.32 Å². The van der Waals surface area contributed by atoms with Gasteiger partial charge in [-0.25, -0.2) is 4.79 Å². The molecule has 1 fully saturated rings. The van der Waals surface area contributed by atoms with E-state index in [9.17, 15) is 14.4 Å². The number of piperazine rings is 1. The van der Waals surface area contributed by atoms with Crippen LogP contribution in [-0.2, 0) is 16.1 Å². The van der Waals surface area contributed by atoms with E-state index in [0.29, 0.717) is 35.8 Å². The van der Waals surface area contributed by atoms with Gasteiger partial charge in [-0.3, -0.25) is 19.1 Å². The highest BCUT2D eigenvalue weighted by Gasteiger charge is 2.31. The fourth-order valence-electron chi connectivity index (χ4n) is 3.17. The van der Waals surface area contributed by atoms with Gasteiger partial charge in [-0.2, -0.15) is 0 Å². The number of aryl methyl sites for hydroxylation is 1. The van der Waals surface area contributed by atoms with Gasteiger partial charge in [0.15, 0.2) is 5.58 Å². The van der Waals surface area contributed by atoms with Crippen LogP contribution < -0.4 is 11.1 Å². The number of amides is 2. The monoisotopic (exact) mass is 380 g/mol. The Labute approximate surface area is 155 Å². The van der Waals surface area contributed by atoms with Crippen molar-refractivity contribution >= 4 is 34.5 Å². The number of nitrogens with one attached hydrogen (secondary N) is 1. The van der Waals surface area contributed by atoms with Crippen LogP contribution in [0.25, 0.3) is 11.1 Å². The summed E-state index contributed by atoms with van der Waals surface area (Å²) in [5.41, 5.74) is 1.00. The molecule has 1 aromatic carbocycles. The maximum atomic E-state index is 12.6. The molecule has 8 nitrogen and oxygen atoms in total. The summed E-state index contributed by atoms with van der Waals surface area (Å²) in [5.74, 6) is -0.724. The molecular formula is C17H21ClN4O4. The highest BCUT2D eigenvalue weighted by Crippen LogP contribution is 2.19. The highest BCUT2D eigenvalue weighted by molar-refractivity contribution is 6.31. The van der Waals surface area contributed by atoms with Gasteiger partial charge in [0.05, 0.1) is 5.52 Å². The molecule has 2 aromatic rings. The van der Waals surface area contributed by atoms with E-state index in [1.807, 2.05) is 11.9 Å². The number of benzene rings is 1. The summed E-state index contributed by atoms with van der Waals surface area (Å²) in [5, 5.41) is 3.10. The minimum absolute atomic E-state index is 0.0952. The Kier molecular flexibility index (Phi) is 5.33. The number of carbonyl (C=O) groups is 2. The first kappa shape index (κ1) is 18.5. The van der Waals surface area contributed by atoms with Crippen molar-refractivity contribution < 1.29 is 14.0 Å². The van der Waals surface area contributed by atoms with E-state index >= 15 is 0 Å². The predicted octanol–water partition coefficient (Wildman–Crippen LogP) is 0.527. The topological polar surface area (TPSA) is 87.8 Å². The van der Waals surface area contributed by atoms with Crippen molar-refractivity contribution in [3.05, 3.63) is 33.8 Å². The number of likely N-dealkylation sites (N-methyl/N-ethyl adjacent to an activating group) is 2. The Balaban J connectivity index is 1.68. The second kappa shape index (κ2) is 7.51. The molecule has 0 unspecified atom stereocenters. The maximum absolute atomic E-state index is 12.6. The van der Waals surface area contributed by atoms with Crippen LogP contribution in [0.5, 0.6) is 0 Å². The van der Waals surface area contributed by atoms with Crippen molar-refractivity contribution in [1.29, 1.82) is 0 Å². The Bertz CT molecular complexity index is 891. The summed E-state index contributed by atoms with van der Waals surface area (Å²) in [6.07, 6.45) is 0.154. The lowest BCUT2D eigenvalue weighted by Crippen LogP contribution is -2.58. The van der Waals surface area contributed by atoms with Crippen LogP contribution >= 0.6 is 11.6 Å². The minimum atomic E-state index is -0.517. The maximum Gasteiger partial charge on any atom is 0.419 e. The fourth-order valence-corrected chi connectivity index (χ4v) is 3.33. The molecule has 3 rings (SSSR count). The lowest BCUT2D eigenvalue weighted by Gasteiger charge is -2.38. The molecule has 1 aliphatic rings. The average molecular weight is 381 g/mol. The predicted molar refractivity (Wildman–Crippen MR) is 97.2 cm³/mol. The van der Waals surface area contributed by atoms with E-state index in [1.165, 1.54) is 4.57 Å². The van der Waals surface area contributed by atoms with Crippen molar-refractivity contribution in [1.82, 2.24) is 19.7 Å². The van der Waals surface area contributed by atoms with Crippen molar-refractivity contribution in [2.24, 2.45) is 0 Å². The van der Waals surface area contributed by atoms with Gasteiger partial charge < -0.3 is 14.6 Å². The molecule has 1 N–H and O–H groups in total. The molecule has 1 saturated heterocycles. The third-order valence-electron chi connectivity index (χ3n) is 4.73. The van der Waals surface area contributed by atoms with Gasteiger partial charge in [0.1, 0.15) is 6.04 Å². The third-order valence-corrected chi connectivity index (χ3v) is 4.96. The number of fused-ring (bicyclic) bond motifs is 1. The van der Waals surface area contributed by atoms with Crippen molar-refractivity contribution in [3.63, 3.8) is 0 Å². The Morgan fingerprint density at radius 1 is 1.35 bits per heavy atom. The van der Waals surface area contributed by atoms with E-state index < -0.39 is 5.76 Å². The van der Waals surface area contributed by atoms with Gasteiger partial charge in [-0.15, -0.1) is 0 Å². The average Bonchev–Trinajstić information content (AvgIpc) is 2.93. The Morgan fingerprint density at radius 2 is 2.12 bits per heavy atom. The van der Waals surface area contributed by atoms with Crippen LogP contribution in [0.2, 0.25) is 5.02 Å². The number of carbonyl (C=O) groups excluding carboxylic acids is 2. The quantitative estimate of drug-likeness (QED) is 0.835. The minimum Gasteiger partial charge on any atom is -0.408 e. The van der Waals surface area contributed by atoms with Crippen molar-refractivity contribution in [3.8, 4) is 0 Å². The molecule has 1 atom stereocenters. The van der Waals surface area contributed by atoms with E-state index in [1.54, 1.807) is 30.1 Å². The molecule has 0 aliphatic carbocycles. The van der Waals surface area contributed by atoms with Crippen molar-refractivity contribution in [2.75, 3.05) is 33.7 Å². The third kappa shape index (κ3) is 3.61. The van der Waals surface area contributed by atoms with Gasteiger partial charge in [0, 0.05) is 50.7 Å². The van der Waals surface area contributed by atoms with E-state index in [-0.39, 0.29) is 30.8 Å². The molecule has 0 spiro atoms. The van der Waals surface area contributed by atoms with Gasteiger partial charge in [-0.05, 0) is 19.2 Å². The number of aromatic nitrogens is 1. The number of nitrogens with zero attached hydrogens (tertiary/aromatic N) is 3. The first-order valence-corrected chi connectivity index (χ1v) is 8.77. The van der Waals surface area contributed by atoms with Crippen molar-refractivity contribution in [2.45, 2.75) is 19.0 Å². The molecule has 0 radical (unpaired) electrons. The van der Waals surface area contributed by atoms with Gasteiger partial charge in [0.25, 0.3) is 0 Å². The summed E-state index contributed by atoms with van der Waals surface area (Å²) < 4.78 is 6.60. The number of hydrogen-bond acceptors (Lipinski definition) is 5. The van der Waals surface area contributed by atoms with Crippen LogP contribution in [0.1, 0.15) is 6.42 Å². The molecule has 0 bridgehead atoms. The molecule has 1 aliphatic heterocycles. The van der Waals surface area contributed by atoms with E-state index in [0.717, 1.165) is 0 Å². The van der Waals surface area contributed by atoms with Gasteiger partial charge in [-0.1, -0.05) is 11.6 Å². The van der Waals surface area contributed by atoms with Crippen LogP contribution in [-0.4, -0.2) is 66.0 Å². The van der Waals surface area contributed by atoms with Gasteiger partial charge >= 0.3 is 5.76 Å². The number of oxazole rings is 1. The molecule has 1 aromatic heterocycles. The highest BCUT2D eigenvalue weighted by atomic mass is 35.5.